The molecule has 1 aromatic heterocycles. The average molecular weight is 243 g/mol. The monoisotopic (exact) mass is 242 g/mol. The lowest BCUT2D eigenvalue weighted by atomic mass is 10.5. The first-order chi connectivity index (χ1) is 5.96. The maximum Gasteiger partial charge on any atom is 0.265 e. The van der Waals surface area contributed by atoms with Crippen LogP contribution in [-0.4, -0.2) is 18.2 Å². The minimum Gasteiger partial charge on any atom is -0.253 e. The van der Waals surface area contributed by atoms with Crippen LogP contribution in [0.4, 0.5) is 0 Å². The van der Waals surface area contributed by atoms with Crippen molar-refractivity contribution < 1.29 is 8.42 Å². The summed E-state index contributed by atoms with van der Waals surface area (Å²) in [6.45, 7) is 2.51. The van der Waals surface area contributed by atoms with E-state index in [4.69, 9.17) is 22.3 Å². The Balaban J connectivity index is 3.14. The molecule has 0 bridgehead atoms. The Morgan fingerprint density at radius 1 is 1.62 bits per heavy atom. The average Bonchev–Trinajstić information content (AvgIpc) is 2.32. The van der Waals surface area contributed by atoms with E-state index in [1.807, 2.05) is 6.92 Å². The molecule has 0 atom stereocenters. The molecule has 1 heterocycles. The quantitative estimate of drug-likeness (QED) is 0.761. The van der Waals surface area contributed by atoms with Crippen LogP contribution in [0.1, 0.15) is 13.3 Å². The summed E-state index contributed by atoms with van der Waals surface area (Å²) >= 11 is 5.72. The Labute approximate surface area is 85.9 Å². The van der Waals surface area contributed by atoms with Gasteiger partial charge in [-0.2, -0.15) is 5.10 Å². The molecule has 0 aromatic carbocycles. The molecule has 0 saturated heterocycles. The first-order valence-electron chi connectivity index (χ1n) is 3.62. The summed E-state index contributed by atoms with van der Waals surface area (Å²) in [5.74, 6) is 0. The number of nitrogens with zero attached hydrogens (tertiary/aromatic N) is 2. The SMILES string of the molecule is CCCn1ncc(S(=O)(=O)Cl)c1Cl. The van der Waals surface area contributed by atoms with Gasteiger partial charge in [0, 0.05) is 17.2 Å². The van der Waals surface area contributed by atoms with Crippen molar-refractivity contribution in [3.8, 4) is 0 Å². The summed E-state index contributed by atoms with van der Waals surface area (Å²) in [5, 5.41) is 3.86. The van der Waals surface area contributed by atoms with Crippen molar-refractivity contribution >= 4 is 31.3 Å². The highest BCUT2D eigenvalue weighted by molar-refractivity contribution is 8.13. The molecule has 0 amide bonds. The summed E-state index contributed by atoms with van der Waals surface area (Å²) < 4.78 is 23.2. The molecule has 0 fully saturated rings. The Bertz CT molecular complexity index is 399. The van der Waals surface area contributed by atoms with Crippen molar-refractivity contribution in [1.29, 1.82) is 0 Å². The van der Waals surface area contributed by atoms with Gasteiger partial charge in [-0.25, -0.2) is 8.42 Å². The highest BCUT2D eigenvalue weighted by Gasteiger charge is 2.19. The lowest BCUT2D eigenvalue weighted by Crippen LogP contribution is -1.99. The van der Waals surface area contributed by atoms with Crippen LogP contribution in [0.3, 0.4) is 0 Å². The van der Waals surface area contributed by atoms with Crippen molar-refractivity contribution in [2.24, 2.45) is 0 Å². The van der Waals surface area contributed by atoms with Gasteiger partial charge in [-0.15, -0.1) is 0 Å². The van der Waals surface area contributed by atoms with E-state index < -0.39 is 9.05 Å². The lowest BCUT2D eigenvalue weighted by molar-refractivity contribution is 0.599. The maximum atomic E-state index is 10.9. The molecule has 74 valence electrons. The van der Waals surface area contributed by atoms with Crippen LogP contribution in [0, 0.1) is 0 Å². The Morgan fingerprint density at radius 3 is 2.62 bits per heavy atom. The van der Waals surface area contributed by atoms with E-state index in [1.54, 1.807) is 0 Å². The molecule has 0 N–H and O–H groups in total. The molecule has 0 unspecified atom stereocenters. The third-order valence-corrected chi connectivity index (χ3v) is 3.28. The van der Waals surface area contributed by atoms with E-state index in [1.165, 1.54) is 4.68 Å². The summed E-state index contributed by atoms with van der Waals surface area (Å²) in [4.78, 5) is -0.135. The predicted molar refractivity (Wildman–Crippen MR) is 50.6 cm³/mol. The lowest BCUT2D eigenvalue weighted by Gasteiger charge is -1.98. The molecule has 0 aliphatic heterocycles. The van der Waals surface area contributed by atoms with Crippen LogP contribution < -0.4 is 0 Å². The molecule has 0 aliphatic rings. The normalized spacial score (nSPS) is 11.9. The second kappa shape index (κ2) is 3.86. The Morgan fingerprint density at radius 2 is 2.23 bits per heavy atom. The van der Waals surface area contributed by atoms with Gasteiger partial charge in [0.15, 0.2) is 0 Å². The van der Waals surface area contributed by atoms with Gasteiger partial charge in [0.2, 0.25) is 0 Å². The molecule has 4 nitrogen and oxygen atoms in total. The van der Waals surface area contributed by atoms with Crippen molar-refractivity contribution in [3.05, 3.63) is 11.3 Å². The van der Waals surface area contributed by atoms with Crippen molar-refractivity contribution in [2.75, 3.05) is 0 Å². The topological polar surface area (TPSA) is 52.0 Å². The standard InChI is InChI=1S/C6H8Cl2N2O2S/c1-2-3-10-6(7)5(4-9-10)13(8,11)12/h4H,2-3H2,1H3. The first kappa shape index (κ1) is 10.8. The highest BCUT2D eigenvalue weighted by atomic mass is 35.7. The molecule has 0 aliphatic carbocycles. The van der Waals surface area contributed by atoms with Gasteiger partial charge in [-0.3, -0.25) is 4.68 Å². The van der Waals surface area contributed by atoms with Gasteiger partial charge in [0.05, 0.1) is 6.20 Å². The first-order valence-corrected chi connectivity index (χ1v) is 6.31. The van der Waals surface area contributed by atoms with Gasteiger partial charge in [0.25, 0.3) is 9.05 Å². The van der Waals surface area contributed by atoms with Crippen molar-refractivity contribution in [3.63, 3.8) is 0 Å². The van der Waals surface area contributed by atoms with Gasteiger partial charge >= 0.3 is 0 Å². The fourth-order valence-corrected chi connectivity index (χ4v) is 2.30. The molecular weight excluding hydrogens is 235 g/mol. The zero-order chi connectivity index (χ0) is 10.1. The summed E-state index contributed by atoms with van der Waals surface area (Å²) in [5.41, 5.74) is 0. The summed E-state index contributed by atoms with van der Waals surface area (Å²) in [7, 11) is 1.34. The molecular formula is C6H8Cl2N2O2S. The van der Waals surface area contributed by atoms with Crippen LogP contribution in [0.2, 0.25) is 5.15 Å². The zero-order valence-electron chi connectivity index (χ0n) is 6.87. The summed E-state index contributed by atoms with van der Waals surface area (Å²) in [6.07, 6.45) is 1.98. The largest absolute Gasteiger partial charge is 0.265 e. The van der Waals surface area contributed by atoms with E-state index in [0.717, 1.165) is 12.6 Å². The third kappa shape index (κ3) is 2.36. The number of aryl methyl sites for hydroxylation is 1. The van der Waals surface area contributed by atoms with Crippen LogP contribution in [-0.2, 0) is 15.6 Å². The Kier molecular flexibility index (Phi) is 3.21. The Hall–Kier alpha value is -0.260. The van der Waals surface area contributed by atoms with Crippen LogP contribution in [0.5, 0.6) is 0 Å². The van der Waals surface area contributed by atoms with E-state index in [0.29, 0.717) is 6.54 Å². The summed E-state index contributed by atoms with van der Waals surface area (Å²) in [6, 6.07) is 0. The second-order valence-electron chi connectivity index (χ2n) is 2.46. The number of hydrogen-bond acceptors (Lipinski definition) is 3. The van der Waals surface area contributed by atoms with Gasteiger partial charge < -0.3 is 0 Å². The maximum absolute atomic E-state index is 10.9. The van der Waals surface area contributed by atoms with E-state index in [9.17, 15) is 8.42 Å². The van der Waals surface area contributed by atoms with E-state index in [-0.39, 0.29) is 10.0 Å². The van der Waals surface area contributed by atoms with Crippen molar-refractivity contribution in [2.45, 2.75) is 24.8 Å². The fraction of sp³-hybridized carbons (Fsp3) is 0.500. The smallest absolute Gasteiger partial charge is 0.253 e. The molecule has 0 saturated carbocycles. The van der Waals surface area contributed by atoms with E-state index >= 15 is 0 Å². The predicted octanol–water partition coefficient (Wildman–Crippen LogP) is 1.87. The minimum atomic E-state index is -3.77. The number of aromatic nitrogens is 2. The highest BCUT2D eigenvalue weighted by Crippen LogP contribution is 2.24. The van der Waals surface area contributed by atoms with Crippen LogP contribution in [0.25, 0.3) is 0 Å². The minimum absolute atomic E-state index is 0.0665. The molecule has 13 heavy (non-hydrogen) atoms. The van der Waals surface area contributed by atoms with E-state index in [2.05, 4.69) is 5.10 Å². The van der Waals surface area contributed by atoms with Gasteiger partial charge in [-0.05, 0) is 6.42 Å². The third-order valence-electron chi connectivity index (χ3n) is 1.44. The van der Waals surface area contributed by atoms with Gasteiger partial charge in [0.1, 0.15) is 10.0 Å². The zero-order valence-corrected chi connectivity index (χ0v) is 9.20. The molecule has 0 spiro atoms. The molecule has 0 radical (unpaired) electrons. The number of halogens is 2. The van der Waals surface area contributed by atoms with Crippen LogP contribution >= 0.6 is 22.3 Å². The number of rotatable bonds is 3. The molecule has 7 heteroatoms. The van der Waals surface area contributed by atoms with Gasteiger partial charge in [-0.1, -0.05) is 18.5 Å². The second-order valence-corrected chi connectivity index (χ2v) is 5.35. The van der Waals surface area contributed by atoms with Crippen LogP contribution in [0.15, 0.2) is 11.1 Å². The number of hydrogen-bond donors (Lipinski definition) is 0. The molecule has 1 rings (SSSR count). The molecule has 1 aromatic rings. The fourth-order valence-electron chi connectivity index (χ4n) is 0.885. The van der Waals surface area contributed by atoms with Crippen molar-refractivity contribution in [1.82, 2.24) is 9.78 Å².